The molecule has 0 radical (unpaired) electrons. The van der Waals surface area contributed by atoms with Crippen LogP contribution in [0.4, 0.5) is 0 Å². The highest BCUT2D eigenvalue weighted by Crippen LogP contribution is 2.19. The van der Waals surface area contributed by atoms with Gasteiger partial charge in [-0.05, 0) is 23.5 Å². The van der Waals surface area contributed by atoms with Gasteiger partial charge in [-0.3, -0.25) is 0 Å². The van der Waals surface area contributed by atoms with Gasteiger partial charge in [0.05, 0.1) is 0 Å². The largest absolute Gasteiger partial charge is 0.138 e. The highest BCUT2D eigenvalue weighted by molar-refractivity contribution is 8.01. The molecule has 0 amide bonds. The molecule has 0 unspecified atom stereocenters. The van der Waals surface area contributed by atoms with Crippen LogP contribution < -0.4 is 0 Å². The summed E-state index contributed by atoms with van der Waals surface area (Å²) in [6.45, 7) is 6.74. The molecule has 0 rings (SSSR count). The number of thioether (sulfide) groups is 1. The molecule has 0 bridgehead atoms. The van der Waals surface area contributed by atoms with Gasteiger partial charge >= 0.3 is 0 Å². The lowest BCUT2D eigenvalue weighted by molar-refractivity contribution is 0.421. The van der Waals surface area contributed by atoms with Crippen molar-refractivity contribution in [2.75, 3.05) is 6.26 Å². The minimum atomic E-state index is 0.451. The minimum Gasteiger partial charge on any atom is -0.138 e. The lowest BCUT2D eigenvalue weighted by Gasteiger charge is -2.13. The summed E-state index contributed by atoms with van der Waals surface area (Å²) in [6.07, 6.45) is 5.48. The number of allylic oxidation sites excluding steroid dienone is 1. The lowest BCUT2D eigenvalue weighted by atomic mass is 9.93. The highest BCUT2D eigenvalue weighted by atomic mass is 32.2. The SMILES string of the molecule is CS/C=C\CC(C)(C)C. The molecule has 0 spiro atoms. The number of hydrogen-bond acceptors (Lipinski definition) is 1. The van der Waals surface area contributed by atoms with Crippen molar-refractivity contribution in [3.63, 3.8) is 0 Å². The van der Waals surface area contributed by atoms with Crippen LogP contribution in [0.15, 0.2) is 11.5 Å². The summed E-state index contributed by atoms with van der Waals surface area (Å²) < 4.78 is 0. The molecule has 54 valence electrons. The van der Waals surface area contributed by atoms with Crippen LogP contribution in [0.25, 0.3) is 0 Å². The van der Waals surface area contributed by atoms with E-state index in [0.29, 0.717) is 5.41 Å². The predicted molar refractivity (Wildman–Crippen MR) is 46.7 cm³/mol. The summed E-state index contributed by atoms with van der Waals surface area (Å²) in [4.78, 5) is 0. The first-order chi connectivity index (χ1) is 4.06. The van der Waals surface area contributed by atoms with Gasteiger partial charge in [0.25, 0.3) is 0 Å². The summed E-state index contributed by atoms with van der Waals surface area (Å²) in [7, 11) is 0. The quantitative estimate of drug-likeness (QED) is 0.573. The second-order valence-corrected chi connectivity index (χ2v) is 4.12. The average molecular weight is 144 g/mol. The summed E-state index contributed by atoms with van der Waals surface area (Å²) in [5, 5.41) is 2.14. The Morgan fingerprint density at radius 2 is 1.89 bits per heavy atom. The molecular formula is C8H16S. The maximum atomic E-state index is 2.25. The standard InChI is InChI=1S/C8H16S/c1-8(2,3)6-5-7-9-4/h5,7H,6H2,1-4H3/b7-5-. The van der Waals surface area contributed by atoms with Crippen LogP contribution in [-0.4, -0.2) is 6.26 Å². The van der Waals surface area contributed by atoms with Crippen LogP contribution in [0.2, 0.25) is 0 Å². The van der Waals surface area contributed by atoms with Gasteiger partial charge in [-0.1, -0.05) is 26.8 Å². The van der Waals surface area contributed by atoms with E-state index in [-0.39, 0.29) is 0 Å². The van der Waals surface area contributed by atoms with Crippen molar-refractivity contribution in [2.45, 2.75) is 27.2 Å². The molecule has 9 heavy (non-hydrogen) atoms. The second-order valence-electron chi connectivity index (χ2n) is 3.37. The molecule has 1 heteroatoms. The van der Waals surface area contributed by atoms with Crippen LogP contribution in [0.1, 0.15) is 27.2 Å². The Hall–Kier alpha value is 0.0900. The Bertz CT molecular complexity index is 87.2. The zero-order valence-electron chi connectivity index (χ0n) is 6.77. The average Bonchev–Trinajstić information content (AvgIpc) is 1.63. The van der Waals surface area contributed by atoms with Gasteiger partial charge in [-0.25, -0.2) is 0 Å². The number of hydrogen-bond donors (Lipinski definition) is 0. The molecule has 0 aliphatic rings. The highest BCUT2D eigenvalue weighted by Gasteiger charge is 2.05. The van der Waals surface area contributed by atoms with Gasteiger partial charge in [0.1, 0.15) is 0 Å². The molecular weight excluding hydrogens is 128 g/mol. The monoisotopic (exact) mass is 144 g/mol. The van der Waals surface area contributed by atoms with Gasteiger partial charge in [-0.2, -0.15) is 0 Å². The summed E-state index contributed by atoms with van der Waals surface area (Å²) in [5.41, 5.74) is 0.451. The minimum absolute atomic E-state index is 0.451. The van der Waals surface area contributed by atoms with Gasteiger partial charge in [0.2, 0.25) is 0 Å². The normalized spacial score (nSPS) is 12.9. The molecule has 0 aromatic rings. The van der Waals surface area contributed by atoms with Crippen LogP contribution in [0, 0.1) is 5.41 Å². The van der Waals surface area contributed by atoms with Gasteiger partial charge in [0.15, 0.2) is 0 Å². The van der Waals surface area contributed by atoms with E-state index in [2.05, 4.69) is 38.5 Å². The lowest BCUT2D eigenvalue weighted by Crippen LogP contribution is -2.01. The van der Waals surface area contributed by atoms with Crippen molar-refractivity contribution in [3.8, 4) is 0 Å². The molecule has 0 atom stereocenters. The van der Waals surface area contributed by atoms with E-state index < -0.39 is 0 Å². The molecule has 0 N–H and O–H groups in total. The first-order valence-corrected chi connectivity index (χ1v) is 4.53. The van der Waals surface area contributed by atoms with Crippen molar-refractivity contribution in [1.82, 2.24) is 0 Å². The molecule has 0 saturated carbocycles. The zero-order valence-corrected chi connectivity index (χ0v) is 7.59. The third-order valence-corrected chi connectivity index (χ3v) is 1.43. The molecule has 0 aliphatic carbocycles. The smallest absolute Gasteiger partial charge is 0.0142 e. The fraction of sp³-hybridized carbons (Fsp3) is 0.750. The van der Waals surface area contributed by atoms with E-state index >= 15 is 0 Å². The van der Waals surface area contributed by atoms with Crippen molar-refractivity contribution < 1.29 is 0 Å². The molecule has 0 aliphatic heterocycles. The van der Waals surface area contributed by atoms with Gasteiger partial charge in [-0.15, -0.1) is 11.8 Å². The molecule has 0 aromatic carbocycles. The Morgan fingerprint density at radius 3 is 2.22 bits per heavy atom. The Morgan fingerprint density at radius 1 is 1.33 bits per heavy atom. The van der Waals surface area contributed by atoms with E-state index in [1.54, 1.807) is 11.8 Å². The fourth-order valence-corrected chi connectivity index (χ4v) is 0.787. The van der Waals surface area contributed by atoms with Gasteiger partial charge < -0.3 is 0 Å². The Kier molecular flexibility index (Phi) is 4.03. The first-order valence-electron chi connectivity index (χ1n) is 3.24. The van der Waals surface area contributed by atoms with Gasteiger partial charge in [0, 0.05) is 0 Å². The number of rotatable bonds is 2. The Labute approximate surface area is 62.7 Å². The third-order valence-electron chi connectivity index (χ3n) is 0.963. The van der Waals surface area contributed by atoms with E-state index in [4.69, 9.17) is 0 Å². The van der Waals surface area contributed by atoms with Crippen LogP contribution in [0.5, 0.6) is 0 Å². The maximum Gasteiger partial charge on any atom is -0.0142 e. The van der Waals surface area contributed by atoms with Crippen LogP contribution in [-0.2, 0) is 0 Å². The summed E-state index contributed by atoms with van der Waals surface area (Å²) in [6, 6.07) is 0. The third kappa shape index (κ3) is 8.09. The molecule has 0 nitrogen and oxygen atoms in total. The van der Waals surface area contributed by atoms with E-state index in [0.717, 1.165) is 0 Å². The van der Waals surface area contributed by atoms with E-state index in [1.807, 2.05) is 0 Å². The van der Waals surface area contributed by atoms with Crippen LogP contribution >= 0.6 is 11.8 Å². The molecule has 0 saturated heterocycles. The predicted octanol–water partition coefficient (Wildman–Crippen LogP) is 3.30. The fourth-order valence-electron chi connectivity index (χ4n) is 0.498. The topological polar surface area (TPSA) is 0 Å². The van der Waals surface area contributed by atoms with E-state index in [1.165, 1.54) is 6.42 Å². The summed E-state index contributed by atoms with van der Waals surface area (Å²) in [5.74, 6) is 0. The first kappa shape index (κ1) is 9.09. The van der Waals surface area contributed by atoms with E-state index in [9.17, 15) is 0 Å². The molecule has 0 heterocycles. The molecule has 0 fully saturated rings. The maximum absolute atomic E-state index is 2.25. The van der Waals surface area contributed by atoms with Crippen LogP contribution in [0.3, 0.4) is 0 Å². The zero-order chi connectivity index (χ0) is 7.33. The Balaban J connectivity index is 3.38. The van der Waals surface area contributed by atoms with Crippen molar-refractivity contribution in [2.24, 2.45) is 5.41 Å². The second kappa shape index (κ2) is 3.99. The summed E-state index contributed by atoms with van der Waals surface area (Å²) >= 11 is 1.76. The van der Waals surface area contributed by atoms with Crippen molar-refractivity contribution >= 4 is 11.8 Å². The van der Waals surface area contributed by atoms with Crippen molar-refractivity contribution in [1.29, 1.82) is 0 Å². The molecule has 0 aromatic heterocycles. The van der Waals surface area contributed by atoms with Crippen molar-refractivity contribution in [3.05, 3.63) is 11.5 Å².